The Labute approximate surface area is 174 Å². The van der Waals surface area contributed by atoms with Gasteiger partial charge in [-0.25, -0.2) is 14.0 Å². The van der Waals surface area contributed by atoms with Crippen LogP contribution in [0.1, 0.15) is 19.8 Å². The normalized spacial score (nSPS) is 16.8. The number of anilines is 3. The maximum atomic E-state index is 12.5. The monoisotopic (exact) mass is 429 g/mol. The topological polar surface area (TPSA) is 111 Å². The second-order valence-electron chi connectivity index (χ2n) is 7.11. The van der Waals surface area contributed by atoms with Crippen LogP contribution in [-0.4, -0.2) is 37.2 Å². The standard InChI is InChI=1S/C20H23N5O2S2/c1-13(12-26)23-19-17(18-3-2-10-28-18)11-22-20(25-19)24-14-4-6-15(7-5-14)29(21,27)16-8-9-16/h2-7,10-11,13,16,21,26H,8-9,12H2,1H3,(H2,22,23,24,25)/t13-,29?/m1/s1. The van der Waals surface area contributed by atoms with Crippen molar-refractivity contribution >= 4 is 38.5 Å². The molecule has 4 rings (SSSR count). The van der Waals surface area contributed by atoms with E-state index in [0.29, 0.717) is 16.7 Å². The molecule has 3 aromatic rings. The van der Waals surface area contributed by atoms with Crippen LogP contribution in [-0.2, 0) is 9.73 Å². The fourth-order valence-corrected chi connectivity index (χ4v) is 5.37. The van der Waals surface area contributed by atoms with Crippen LogP contribution in [0.25, 0.3) is 10.4 Å². The van der Waals surface area contributed by atoms with Gasteiger partial charge in [-0.15, -0.1) is 11.3 Å². The predicted octanol–water partition coefficient (Wildman–Crippen LogP) is 4.31. The van der Waals surface area contributed by atoms with E-state index in [-0.39, 0.29) is 17.9 Å². The summed E-state index contributed by atoms with van der Waals surface area (Å²) in [6, 6.07) is 10.9. The molecule has 4 N–H and O–H groups in total. The average molecular weight is 430 g/mol. The average Bonchev–Trinajstić information content (AvgIpc) is 3.45. The zero-order chi connectivity index (χ0) is 20.4. The molecule has 2 aromatic heterocycles. The van der Waals surface area contributed by atoms with Gasteiger partial charge in [-0.3, -0.25) is 0 Å². The number of benzene rings is 1. The summed E-state index contributed by atoms with van der Waals surface area (Å²) in [7, 11) is -2.70. The van der Waals surface area contributed by atoms with Crippen molar-refractivity contribution in [2.24, 2.45) is 0 Å². The van der Waals surface area contributed by atoms with Crippen molar-refractivity contribution in [3.63, 3.8) is 0 Å². The van der Waals surface area contributed by atoms with Gasteiger partial charge in [0.2, 0.25) is 5.95 Å². The van der Waals surface area contributed by atoms with E-state index in [1.807, 2.05) is 24.4 Å². The van der Waals surface area contributed by atoms with E-state index >= 15 is 0 Å². The highest BCUT2D eigenvalue weighted by atomic mass is 32.2. The van der Waals surface area contributed by atoms with Gasteiger partial charge in [-0.1, -0.05) is 6.07 Å². The van der Waals surface area contributed by atoms with Gasteiger partial charge in [0.25, 0.3) is 0 Å². The second-order valence-corrected chi connectivity index (χ2v) is 10.4. The molecule has 2 atom stereocenters. The highest BCUT2D eigenvalue weighted by Gasteiger charge is 2.33. The fraction of sp³-hybridized carbons (Fsp3) is 0.300. The lowest BCUT2D eigenvalue weighted by atomic mass is 10.2. The van der Waals surface area contributed by atoms with E-state index in [1.165, 1.54) is 0 Å². The van der Waals surface area contributed by atoms with Gasteiger partial charge < -0.3 is 15.7 Å². The molecule has 0 amide bonds. The third kappa shape index (κ3) is 4.42. The Hall–Kier alpha value is -2.49. The molecule has 152 valence electrons. The molecule has 0 saturated heterocycles. The summed E-state index contributed by atoms with van der Waals surface area (Å²) in [5, 5.41) is 17.8. The van der Waals surface area contributed by atoms with Crippen molar-refractivity contribution in [1.82, 2.24) is 9.97 Å². The summed E-state index contributed by atoms with van der Waals surface area (Å²) < 4.78 is 20.7. The van der Waals surface area contributed by atoms with E-state index in [2.05, 4.69) is 20.6 Å². The van der Waals surface area contributed by atoms with Gasteiger partial charge in [-0.05, 0) is 55.5 Å². The number of thiophene rings is 1. The lowest BCUT2D eigenvalue weighted by Gasteiger charge is -2.16. The van der Waals surface area contributed by atoms with Crippen LogP contribution in [0.3, 0.4) is 0 Å². The Balaban J connectivity index is 1.57. The van der Waals surface area contributed by atoms with Gasteiger partial charge >= 0.3 is 0 Å². The van der Waals surface area contributed by atoms with Crippen molar-refractivity contribution in [3.8, 4) is 10.4 Å². The van der Waals surface area contributed by atoms with E-state index in [4.69, 9.17) is 4.78 Å². The predicted molar refractivity (Wildman–Crippen MR) is 117 cm³/mol. The van der Waals surface area contributed by atoms with E-state index in [9.17, 15) is 9.32 Å². The minimum Gasteiger partial charge on any atom is -0.394 e. The van der Waals surface area contributed by atoms with Crippen LogP contribution in [0.4, 0.5) is 17.5 Å². The minimum atomic E-state index is -2.70. The van der Waals surface area contributed by atoms with E-state index in [0.717, 1.165) is 29.0 Å². The molecule has 1 aliphatic rings. The largest absolute Gasteiger partial charge is 0.394 e. The first kappa shape index (κ1) is 19.8. The molecule has 1 saturated carbocycles. The number of hydrogen-bond donors (Lipinski definition) is 4. The molecule has 1 fully saturated rings. The van der Waals surface area contributed by atoms with Gasteiger partial charge in [0.15, 0.2) is 0 Å². The third-order valence-corrected chi connectivity index (χ3v) is 7.97. The van der Waals surface area contributed by atoms with Crippen molar-refractivity contribution < 1.29 is 9.32 Å². The summed E-state index contributed by atoms with van der Waals surface area (Å²) in [5.74, 6) is 1.06. The van der Waals surface area contributed by atoms with Gasteiger partial charge in [0, 0.05) is 32.9 Å². The first-order valence-electron chi connectivity index (χ1n) is 9.40. The zero-order valence-electron chi connectivity index (χ0n) is 16.0. The number of nitrogens with one attached hydrogen (secondary N) is 3. The van der Waals surface area contributed by atoms with Gasteiger partial charge in [0.05, 0.1) is 21.9 Å². The smallest absolute Gasteiger partial charge is 0.229 e. The Morgan fingerprint density at radius 1 is 1.31 bits per heavy atom. The summed E-state index contributed by atoms with van der Waals surface area (Å²) in [6.45, 7) is 1.87. The molecule has 7 nitrogen and oxygen atoms in total. The fourth-order valence-electron chi connectivity index (χ4n) is 2.91. The summed E-state index contributed by atoms with van der Waals surface area (Å²) >= 11 is 1.60. The Morgan fingerprint density at radius 2 is 2.07 bits per heavy atom. The molecule has 0 spiro atoms. The minimum absolute atomic E-state index is 0.00316. The molecule has 0 aliphatic heterocycles. The molecule has 2 heterocycles. The first-order chi connectivity index (χ1) is 14.0. The summed E-state index contributed by atoms with van der Waals surface area (Å²) in [5.41, 5.74) is 1.63. The summed E-state index contributed by atoms with van der Waals surface area (Å²) in [4.78, 5) is 10.6. The van der Waals surface area contributed by atoms with Crippen LogP contribution >= 0.6 is 11.3 Å². The van der Waals surface area contributed by atoms with Crippen molar-refractivity contribution in [2.75, 3.05) is 17.2 Å². The maximum absolute atomic E-state index is 12.5. The molecule has 1 unspecified atom stereocenters. The van der Waals surface area contributed by atoms with Crippen LogP contribution in [0.2, 0.25) is 0 Å². The zero-order valence-corrected chi connectivity index (χ0v) is 17.6. The first-order valence-corrected chi connectivity index (χ1v) is 11.9. The van der Waals surface area contributed by atoms with Crippen molar-refractivity contribution in [3.05, 3.63) is 48.0 Å². The third-order valence-electron chi connectivity index (χ3n) is 4.69. The van der Waals surface area contributed by atoms with Crippen LogP contribution in [0, 0.1) is 4.78 Å². The number of aromatic nitrogens is 2. The van der Waals surface area contributed by atoms with Crippen LogP contribution in [0.15, 0.2) is 52.9 Å². The van der Waals surface area contributed by atoms with E-state index < -0.39 is 9.73 Å². The molecule has 0 bridgehead atoms. The number of aliphatic hydroxyl groups excluding tert-OH is 1. The summed E-state index contributed by atoms with van der Waals surface area (Å²) in [6.07, 6.45) is 3.50. The maximum Gasteiger partial charge on any atom is 0.229 e. The number of aliphatic hydroxyl groups is 1. The van der Waals surface area contributed by atoms with Gasteiger partial charge in [-0.2, -0.15) is 4.98 Å². The SMILES string of the molecule is C[C@H](CO)Nc1nc(Nc2ccc(S(=N)(=O)C3CC3)cc2)ncc1-c1cccs1. The quantitative estimate of drug-likeness (QED) is 0.425. The lowest BCUT2D eigenvalue weighted by molar-refractivity contribution is 0.281. The van der Waals surface area contributed by atoms with Crippen LogP contribution < -0.4 is 10.6 Å². The molecular formula is C20H23N5O2S2. The van der Waals surface area contributed by atoms with Crippen LogP contribution in [0.5, 0.6) is 0 Å². The van der Waals surface area contributed by atoms with E-state index in [1.54, 1.807) is 41.8 Å². The second kappa shape index (κ2) is 8.10. The Bertz CT molecular complexity index is 1080. The Morgan fingerprint density at radius 3 is 2.69 bits per heavy atom. The Kier molecular flexibility index (Phi) is 5.53. The van der Waals surface area contributed by atoms with Crippen molar-refractivity contribution in [2.45, 2.75) is 36.0 Å². The number of rotatable bonds is 8. The number of hydrogen-bond acceptors (Lipinski definition) is 8. The van der Waals surface area contributed by atoms with Gasteiger partial charge in [0.1, 0.15) is 5.82 Å². The highest BCUT2D eigenvalue weighted by molar-refractivity contribution is 7.93. The molecular weight excluding hydrogens is 406 g/mol. The lowest BCUT2D eigenvalue weighted by Crippen LogP contribution is -2.21. The molecule has 0 radical (unpaired) electrons. The number of nitrogens with zero attached hydrogens (tertiary/aromatic N) is 2. The highest BCUT2D eigenvalue weighted by Crippen LogP contribution is 2.35. The molecule has 1 aromatic carbocycles. The molecule has 9 heteroatoms. The molecule has 1 aliphatic carbocycles. The van der Waals surface area contributed by atoms with Crippen molar-refractivity contribution in [1.29, 1.82) is 4.78 Å². The molecule has 29 heavy (non-hydrogen) atoms.